The van der Waals surface area contributed by atoms with Gasteiger partial charge in [-0.25, -0.2) is 9.59 Å². The van der Waals surface area contributed by atoms with Crippen molar-refractivity contribution in [3.05, 3.63) is 0 Å². The summed E-state index contributed by atoms with van der Waals surface area (Å²) in [6, 6.07) is -1.61. The van der Waals surface area contributed by atoms with Crippen LogP contribution in [0.15, 0.2) is 0 Å². The summed E-state index contributed by atoms with van der Waals surface area (Å²) in [6.45, 7) is 0.789. The maximum absolute atomic E-state index is 12.1. The highest BCUT2D eigenvalue weighted by molar-refractivity contribution is 5.89. The van der Waals surface area contributed by atoms with Crippen LogP contribution >= 0.6 is 0 Å². The van der Waals surface area contributed by atoms with Crippen molar-refractivity contribution >= 4 is 23.8 Å². The summed E-state index contributed by atoms with van der Waals surface area (Å²) in [5.74, 6) is -2.76. The van der Waals surface area contributed by atoms with Crippen molar-refractivity contribution in [2.24, 2.45) is 0 Å². The molecule has 2 heterocycles. The molecule has 0 aromatic rings. The number of nitrogens with zero attached hydrogens (tertiary/aromatic N) is 2. The number of likely N-dealkylation sites (tertiary alicyclic amines) is 2. The Kier molecular flexibility index (Phi) is 4.99. The Balaban J connectivity index is 1.87. The number of aliphatic carboxylic acids is 2. The van der Waals surface area contributed by atoms with Crippen LogP contribution in [0.25, 0.3) is 0 Å². The highest BCUT2D eigenvalue weighted by Crippen LogP contribution is 2.21. The van der Waals surface area contributed by atoms with Crippen LogP contribution in [0.1, 0.15) is 38.5 Å². The molecule has 2 rings (SSSR count). The molecule has 0 aromatic carbocycles. The van der Waals surface area contributed by atoms with E-state index in [4.69, 9.17) is 10.2 Å². The minimum atomic E-state index is -1.03. The Morgan fingerprint density at radius 3 is 1.45 bits per heavy atom. The van der Waals surface area contributed by atoms with Gasteiger partial charge < -0.3 is 20.0 Å². The van der Waals surface area contributed by atoms with Crippen molar-refractivity contribution in [1.29, 1.82) is 0 Å². The molecule has 2 N–H and O–H groups in total. The average Bonchev–Trinajstić information content (AvgIpc) is 3.12. The smallest absolute Gasteiger partial charge is 0.326 e. The van der Waals surface area contributed by atoms with Gasteiger partial charge in [0.25, 0.3) is 0 Å². The normalized spacial score (nSPS) is 24.5. The second-order valence-electron chi connectivity index (χ2n) is 5.67. The van der Waals surface area contributed by atoms with Gasteiger partial charge in [-0.15, -0.1) is 0 Å². The molecule has 2 saturated heterocycles. The van der Waals surface area contributed by atoms with Gasteiger partial charge >= 0.3 is 11.9 Å². The fraction of sp³-hybridized carbons (Fsp3) is 0.714. The zero-order valence-corrected chi connectivity index (χ0v) is 12.2. The Hall–Kier alpha value is -2.12. The summed E-state index contributed by atoms with van der Waals surface area (Å²) in [6.07, 6.45) is 2.00. The zero-order valence-electron chi connectivity index (χ0n) is 12.2. The van der Waals surface area contributed by atoms with Crippen molar-refractivity contribution in [3.8, 4) is 0 Å². The van der Waals surface area contributed by atoms with Crippen molar-refractivity contribution in [3.63, 3.8) is 0 Å². The first-order chi connectivity index (χ1) is 10.4. The second kappa shape index (κ2) is 6.76. The molecule has 22 heavy (non-hydrogen) atoms. The predicted octanol–water partition coefficient (Wildman–Crippen LogP) is -0.0822. The van der Waals surface area contributed by atoms with Gasteiger partial charge in [-0.3, -0.25) is 9.59 Å². The van der Waals surface area contributed by atoms with Crippen LogP contribution in [-0.2, 0) is 19.2 Å². The summed E-state index contributed by atoms with van der Waals surface area (Å²) in [7, 11) is 0. The van der Waals surface area contributed by atoms with Gasteiger partial charge in [0.15, 0.2) is 0 Å². The number of carbonyl (C=O) groups excluding carboxylic acids is 2. The van der Waals surface area contributed by atoms with Crippen LogP contribution < -0.4 is 0 Å². The highest BCUT2D eigenvalue weighted by atomic mass is 16.4. The predicted molar refractivity (Wildman–Crippen MR) is 74.0 cm³/mol. The van der Waals surface area contributed by atoms with E-state index < -0.39 is 24.0 Å². The number of hydrogen-bond acceptors (Lipinski definition) is 4. The molecule has 0 spiro atoms. The summed E-state index contributed by atoms with van der Waals surface area (Å²) < 4.78 is 0. The van der Waals surface area contributed by atoms with Crippen LogP contribution in [0, 0.1) is 0 Å². The lowest BCUT2D eigenvalue weighted by atomic mass is 10.2. The number of carboxylic acids is 2. The second-order valence-corrected chi connectivity index (χ2v) is 5.67. The van der Waals surface area contributed by atoms with Crippen molar-refractivity contribution in [2.45, 2.75) is 50.6 Å². The summed E-state index contributed by atoms with van der Waals surface area (Å²) in [4.78, 5) is 48.8. The van der Waals surface area contributed by atoms with Gasteiger partial charge in [-0.1, -0.05) is 0 Å². The zero-order chi connectivity index (χ0) is 16.3. The van der Waals surface area contributed by atoms with Gasteiger partial charge in [-0.2, -0.15) is 0 Å². The molecule has 8 nitrogen and oxygen atoms in total. The molecule has 2 aliphatic heterocycles. The van der Waals surface area contributed by atoms with E-state index in [-0.39, 0.29) is 24.7 Å². The lowest BCUT2D eigenvalue weighted by molar-refractivity contribution is -0.150. The minimum absolute atomic E-state index is 0.0779. The molecule has 0 aromatic heterocycles. The van der Waals surface area contributed by atoms with Gasteiger partial charge in [-0.05, 0) is 25.7 Å². The average molecular weight is 312 g/mol. The van der Waals surface area contributed by atoms with E-state index in [9.17, 15) is 19.2 Å². The van der Waals surface area contributed by atoms with Crippen LogP contribution in [0.2, 0.25) is 0 Å². The number of rotatable bonds is 5. The fourth-order valence-corrected chi connectivity index (χ4v) is 3.14. The molecular weight excluding hydrogens is 292 g/mol. The molecule has 2 unspecified atom stereocenters. The van der Waals surface area contributed by atoms with Crippen LogP contribution in [0.3, 0.4) is 0 Å². The largest absolute Gasteiger partial charge is 0.480 e. The first-order valence-corrected chi connectivity index (χ1v) is 7.46. The van der Waals surface area contributed by atoms with Gasteiger partial charge in [0.05, 0.1) is 0 Å². The topological polar surface area (TPSA) is 115 Å². The third kappa shape index (κ3) is 3.37. The maximum atomic E-state index is 12.1. The monoisotopic (exact) mass is 312 g/mol. The molecule has 2 amide bonds. The lowest BCUT2D eigenvalue weighted by Crippen LogP contribution is -2.42. The van der Waals surface area contributed by atoms with Crippen LogP contribution in [-0.4, -0.2) is 68.9 Å². The van der Waals surface area contributed by atoms with E-state index >= 15 is 0 Å². The van der Waals surface area contributed by atoms with Gasteiger partial charge in [0.1, 0.15) is 12.1 Å². The number of hydrogen-bond donors (Lipinski definition) is 2. The summed E-state index contributed by atoms with van der Waals surface area (Å²) in [5, 5.41) is 18.1. The van der Waals surface area contributed by atoms with Crippen LogP contribution in [0.4, 0.5) is 0 Å². The number of carbonyl (C=O) groups is 4. The Morgan fingerprint density at radius 1 is 0.773 bits per heavy atom. The molecule has 2 fully saturated rings. The Labute approximate surface area is 127 Å². The maximum Gasteiger partial charge on any atom is 0.326 e. The molecule has 8 heteroatoms. The molecular formula is C14H20N2O6. The van der Waals surface area contributed by atoms with E-state index in [0.717, 1.165) is 0 Å². The van der Waals surface area contributed by atoms with E-state index in [1.165, 1.54) is 9.80 Å². The molecule has 0 aliphatic carbocycles. The van der Waals surface area contributed by atoms with Gasteiger partial charge in [0.2, 0.25) is 11.8 Å². The quantitative estimate of drug-likeness (QED) is 0.733. The summed E-state index contributed by atoms with van der Waals surface area (Å²) in [5.41, 5.74) is 0. The number of amides is 2. The third-order valence-corrected chi connectivity index (χ3v) is 4.27. The molecule has 0 radical (unpaired) electrons. The van der Waals surface area contributed by atoms with Crippen molar-refractivity contribution < 1.29 is 29.4 Å². The van der Waals surface area contributed by atoms with E-state index in [2.05, 4.69) is 0 Å². The van der Waals surface area contributed by atoms with E-state index in [1.807, 2.05) is 0 Å². The molecule has 2 aliphatic rings. The lowest BCUT2D eigenvalue weighted by Gasteiger charge is -2.23. The molecule has 0 saturated carbocycles. The molecule has 2 atom stereocenters. The standard InChI is InChI=1S/C14H20N2O6/c17-11(15-7-1-3-9(15)13(19)20)5-6-12(18)16-8-2-4-10(16)14(21)22/h9-10H,1-8H2,(H,19,20)(H,21,22). The van der Waals surface area contributed by atoms with E-state index in [1.54, 1.807) is 0 Å². The Bertz CT molecular complexity index is 448. The van der Waals surface area contributed by atoms with Crippen molar-refractivity contribution in [2.75, 3.05) is 13.1 Å². The Morgan fingerprint density at radius 2 is 1.14 bits per heavy atom. The highest BCUT2D eigenvalue weighted by Gasteiger charge is 2.36. The van der Waals surface area contributed by atoms with E-state index in [0.29, 0.717) is 38.8 Å². The third-order valence-electron chi connectivity index (χ3n) is 4.27. The van der Waals surface area contributed by atoms with Crippen LogP contribution in [0.5, 0.6) is 0 Å². The van der Waals surface area contributed by atoms with Gasteiger partial charge in [0, 0.05) is 25.9 Å². The fourth-order valence-electron chi connectivity index (χ4n) is 3.14. The number of carboxylic acid groups (broad SMARTS) is 2. The van der Waals surface area contributed by atoms with Crippen molar-refractivity contribution in [1.82, 2.24) is 9.80 Å². The summed E-state index contributed by atoms with van der Waals surface area (Å²) >= 11 is 0. The SMILES string of the molecule is O=C(O)C1CCCN1C(=O)CCC(=O)N1CCCC1C(=O)O. The molecule has 0 bridgehead atoms. The minimum Gasteiger partial charge on any atom is -0.480 e. The molecule has 122 valence electrons. The first kappa shape index (κ1) is 16.3. The first-order valence-electron chi connectivity index (χ1n) is 7.46.